The van der Waals surface area contributed by atoms with E-state index in [1.165, 1.54) is 10.8 Å². The van der Waals surface area contributed by atoms with E-state index in [4.69, 9.17) is 0 Å². The normalized spacial score (nSPS) is 10.6. The van der Waals surface area contributed by atoms with E-state index in [1.54, 1.807) is 7.05 Å². The highest BCUT2D eigenvalue weighted by molar-refractivity contribution is 5.92. The molecule has 6 heteroatoms. The largest absolute Gasteiger partial charge is 0.350 e. The van der Waals surface area contributed by atoms with Crippen molar-refractivity contribution in [3.8, 4) is 0 Å². The number of carbonyl (C=O) groups excluding carboxylic acids is 1. The molecule has 0 fully saturated rings. The summed E-state index contributed by atoms with van der Waals surface area (Å²) < 4.78 is 3.29. The van der Waals surface area contributed by atoms with Crippen LogP contribution in [-0.4, -0.2) is 20.0 Å². The summed E-state index contributed by atoms with van der Waals surface area (Å²) in [6.07, 6.45) is 1.41. The van der Waals surface area contributed by atoms with Crippen molar-refractivity contribution in [3.63, 3.8) is 0 Å². The third kappa shape index (κ3) is 2.09. The quantitative estimate of drug-likeness (QED) is 0.819. The van der Waals surface area contributed by atoms with Crippen LogP contribution in [0.4, 0.5) is 0 Å². The molecule has 1 amide bonds. The van der Waals surface area contributed by atoms with Gasteiger partial charge in [-0.1, -0.05) is 0 Å². The van der Waals surface area contributed by atoms with Gasteiger partial charge in [0.05, 0.1) is 6.54 Å². The topological polar surface area (TPSA) is 71.8 Å². The Morgan fingerprint density at radius 2 is 2.06 bits per heavy atom. The molecule has 96 valence electrons. The predicted octanol–water partition coefficient (Wildman–Crippen LogP) is 0.290. The molecule has 0 bridgehead atoms. The lowest BCUT2D eigenvalue weighted by Gasteiger charge is -2.07. The fourth-order valence-corrected chi connectivity index (χ4v) is 1.76. The molecule has 0 atom stereocenters. The highest BCUT2D eigenvalue weighted by Crippen LogP contribution is 2.05. The zero-order valence-electron chi connectivity index (χ0n) is 10.7. The van der Waals surface area contributed by atoms with Crippen LogP contribution in [0.2, 0.25) is 0 Å². The first kappa shape index (κ1) is 12.2. The Bertz CT molecular complexity index is 633. The number of imidazole rings is 1. The first-order chi connectivity index (χ1) is 8.50. The third-order valence-electron chi connectivity index (χ3n) is 3.14. The first-order valence-corrected chi connectivity index (χ1v) is 5.64. The van der Waals surface area contributed by atoms with E-state index in [1.807, 2.05) is 30.7 Å². The van der Waals surface area contributed by atoms with E-state index in [0.717, 1.165) is 11.4 Å². The Morgan fingerprint density at radius 1 is 1.33 bits per heavy atom. The lowest BCUT2D eigenvalue weighted by Crippen LogP contribution is -2.27. The third-order valence-corrected chi connectivity index (χ3v) is 3.14. The van der Waals surface area contributed by atoms with E-state index >= 15 is 0 Å². The first-order valence-electron chi connectivity index (χ1n) is 5.64. The van der Waals surface area contributed by atoms with E-state index in [-0.39, 0.29) is 11.6 Å². The minimum atomic E-state index is -0.296. The summed E-state index contributed by atoms with van der Waals surface area (Å²) in [7, 11) is 3.50. The van der Waals surface area contributed by atoms with E-state index in [0.29, 0.717) is 12.2 Å². The second kappa shape index (κ2) is 4.56. The summed E-state index contributed by atoms with van der Waals surface area (Å²) in [6.45, 7) is 2.43. The second-order valence-electron chi connectivity index (χ2n) is 4.25. The van der Waals surface area contributed by atoms with Crippen molar-refractivity contribution >= 4 is 5.91 Å². The van der Waals surface area contributed by atoms with Gasteiger partial charge < -0.3 is 14.9 Å². The van der Waals surface area contributed by atoms with Gasteiger partial charge in [-0.05, 0) is 19.1 Å². The lowest BCUT2D eigenvalue weighted by molar-refractivity contribution is 0.0941. The summed E-state index contributed by atoms with van der Waals surface area (Å²) in [6, 6.07) is 3.96. The number of aryl methyl sites for hydroxylation is 1. The number of H-pyrrole nitrogens is 1. The van der Waals surface area contributed by atoms with Gasteiger partial charge in [0, 0.05) is 31.7 Å². The van der Waals surface area contributed by atoms with Gasteiger partial charge in [-0.25, -0.2) is 4.79 Å². The maximum absolute atomic E-state index is 11.9. The Kier molecular flexibility index (Phi) is 3.10. The molecule has 2 rings (SSSR count). The van der Waals surface area contributed by atoms with Crippen molar-refractivity contribution in [2.45, 2.75) is 13.5 Å². The van der Waals surface area contributed by atoms with Crippen molar-refractivity contribution in [2.75, 3.05) is 0 Å². The monoisotopic (exact) mass is 248 g/mol. The van der Waals surface area contributed by atoms with Crippen molar-refractivity contribution in [2.24, 2.45) is 14.1 Å². The van der Waals surface area contributed by atoms with Crippen molar-refractivity contribution in [1.82, 2.24) is 19.4 Å². The maximum Gasteiger partial charge on any atom is 0.325 e. The number of aromatic amines is 1. The van der Waals surface area contributed by atoms with Crippen LogP contribution in [-0.2, 0) is 20.6 Å². The Balaban J connectivity index is 2.07. The Morgan fingerprint density at radius 3 is 2.56 bits per heavy atom. The summed E-state index contributed by atoms with van der Waals surface area (Å²) in [5.74, 6) is -0.269. The molecule has 0 saturated carbocycles. The summed E-state index contributed by atoms with van der Waals surface area (Å²) in [5.41, 5.74) is 2.18. The Labute approximate surface area is 104 Å². The standard InChI is InChI=1S/C12H16N4O2/c1-8-4-5-9(15(8)2)6-13-11(17)10-7-14-12(18)16(10)3/h4-5,7H,6H2,1-3H3,(H,13,17)(H,14,18). The van der Waals surface area contributed by atoms with Gasteiger partial charge in [-0.3, -0.25) is 9.36 Å². The summed E-state index contributed by atoms with van der Waals surface area (Å²) >= 11 is 0. The number of hydrogen-bond acceptors (Lipinski definition) is 2. The molecule has 2 aromatic rings. The highest BCUT2D eigenvalue weighted by atomic mass is 16.2. The minimum Gasteiger partial charge on any atom is -0.350 e. The SMILES string of the molecule is Cc1ccc(CNC(=O)c2c[nH]c(=O)n2C)n1C. The number of amides is 1. The van der Waals surface area contributed by atoms with Gasteiger partial charge in [0.1, 0.15) is 5.69 Å². The van der Waals surface area contributed by atoms with Gasteiger partial charge >= 0.3 is 5.69 Å². The smallest absolute Gasteiger partial charge is 0.325 e. The van der Waals surface area contributed by atoms with Gasteiger partial charge in [0.25, 0.3) is 5.91 Å². The van der Waals surface area contributed by atoms with Crippen molar-refractivity contribution < 1.29 is 4.79 Å². The molecular formula is C12H16N4O2. The Hall–Kier alpha value is -2.24. The molecule has 18 heavy (non-hydrogen) atoms. The van der Waals surface area contributed by atoms with Crippen LogP contribution < -0.4 is 11.0 Å². The predicted molar refractivity (Wildman–Crippen MR) is 67.4 cm³/mol. The van der Waals surface area contributed by atoms with Crippen LogP contribution >= 0.6 is 0 Å². The van der Waals surface area contributed by atoms with Crippen LogP contribution in [0.5, 0.6) is 0 Å². The molecule has 0 aliphatic rings. The minimum absolute atomic E-state index is 0.269. The van der Waals surface area contributed by atoms with Gasteiger partial charge in [0.15, 0.2) is 0 Å². The summed E-state index contributed by atoms with van der Waals surface area (Å²) in [4.78, 5) is 25.5. The molecule has 2 aromatic heterocycles. The average Bonchev–Trinajstić information content (AvgIpc) is 2.83. The molecule has 0 saturated heterocycles. The van der Waals surface area contributed by atoms with Crippen molar-refractivity contribution in [3.05, 3.63) is 45.9 Å². The molecule has 0 aliphatic heterocycles. The van der Waals surface area contributed by atoms with Gasteiger partial charge in [-0.2, -0.15) is 0 Å². The van der Waals surface area contributed by atoms with E-state index < -0.39 is 0 Å². The fourth-order valence-electron chi connectivity index (χ4n) is 1.76. The van der Waals surface area contributed by atoms with Crippen LogP contribution in [0.25, 0.3) is 0 Å². The average molecular weight is 248 g/mol. The molecule has 2 N–H and O–H groups in total. The number of nitrogens with zero attached hydrogens (tertiary/aromatic N) is 2. The fraction of sp³-hybridized carbons (Fsp3) is 0.333. The number of hydrogen-bond donors (Lipinski definition) is 2. The van der Waals surface area contributed by atoms with E-state index in [9.17, 15) is 9.59 Å². The highest BCUT2D eigenvalue weighted by Gasteiger charge is 2.11. The van der Waals surface area contributed by atoms with E-state index in [2.05, 4.69) is 10.3 Å². The molecule has 0 aliphatic carbocycles. The molecule has 0 spiro atoms. The van der Waals surface area contributed by atoms with Crippen LogP contribution in [0.1, 0.15) is 21.9 Å². The lowest BCUT2D eigenvalue weighted by atomic mass is 10.4. The van der Waals surface area contributed by atoms with Gasteiger partial charge in [-0.15, -0.1) is 0 Å². The zero-order valence-corrected chi connectivity index (χ0v) is 10.7. The molecule has 0 aromatic carbocycles. The zero-order chi connectivity index (χ0) is 13.3. The maximum atomic E-state index is 11.9. The van der Waals surface area contributed by atoms with Gasteiger partial charge in [0.2, 0.25) is 0 Å². The van der Waals surface area contributed by atoms with Crippen LogP contribution in [0, 0.1) is 6.92 Å². The molecular weight excluding hydrogens is 232 g/mol. The van der Waals surface area contributed by atoms with Crippen LogP contribution in [0.15, 0.2) is 23.1 Å². The molecule has 2 heterocycles. The van der Waals surface area contributed by atoms with Crippen molar-refractivity contribution in [1.29, 1.82) is 0 Å². The molecule has 0 radical (unpaired) electrons. The number of carbonyl (C=O) groups is 1. The molecule has 0 unspecified atom stereocenters. The second-order valence-corrected chi connectivity index (χ2v) is 4.25. The number of aromatic nitrogens is 3. The number of nitrogens with one attached hydrogen (secondary N) is 2. The molecule has 6 nitrogen and oxygen atoms in total. The summed E-state index contributed by atoms with van der Waals surface area (Å²) in [5, 5.41) is 2.78. The number of rotatable bonds is 3. The van der Waals surface area contributed by atoms with Crippen LogP contribution in [0.3, 0.4) is 0 Å².